The van der Waals surface area contributed by atoms with Crippen molar-refractivity contribution in [2.75, 3.05) is 25.0 Å². The Morgan fingerprint density at radius 3 is 2.89 bits per heavy atom. The Kier molecular flexibility index (Phi) is 3.94. The molecule has 2 N–H and O–H groups in total. The number of anilines is 1. The predicted molar refractivity (Wildman–Crippen MR) is 64.6 cm³/mol. The SMILES string of the molecule is O=C1CN(C(=O)Nc2ccc(F)cc2F)CCCN1. The van der Waals surface area contributed by atoms with Crippen molar-refractivity contribution in [2.45, 2.75) is 6.42 Å². The predicted octanol–water partition coefficient (Wildman–Crippen LogP) is 1.32. The highest BCUT2D eigenvalue weighted by atomic mass is 19.1. The van der Waals surface area contributed by atoms with Crippen molar-refractivity contribution in [1.82, 2.24) is 10.2 Å². The van der Waals surface area contributed by atoms with Crippen molar-refractivity contribution in [3.63, 3.8) is 0 Å². The second-order valence-corrected chi connectivity index (χ2v) is 4.18. The van der Waals surface area contributed by atoms with Gasteiger partial charge in [-0.3, -0.25) is 4.79 Å². The zero-order chi connectivity index (χ0) is 13.8. The summed E-state index contributed by atoms with van der Waals surface area (Å²) < 4.78 is 26.1. The van der Waals surface area contributed by atoms with Crippen LogP contribution < -0.4 is 10.6 Å². The number of benzene rings is 1. The van der Waals surface area contributed by atoms with Crippen LogP contribution in [0.1, 0.15) is 6.42 Å². The summed E-state index contributed by atoms with van der Waals surface area (Å²) in [6.45, 7) is 0.829. The van der Waals surface area contributed by atoms with Crippen molar-refractivity contribution in [3.8, 4) is 0 Å². The summed E-state index contributed by atoms with van der Waals surface area (Å²) in [5.74, 6) is -1.83. The average Bonchev–Trinajstić information content (AvgIpc) is 2.57. The second-order valence-electron chi connectivity index (χ2n) is 4.18. The molecular formula is C12H13F2N3O2. The fourth-order valence-corrected chi connectivity index (χ4v) is 1.76. The van der Waals surface area contributed by atoms with Crippen molar-refractivity contribution in [1.29, 1.82) is 0 Å². The van der Waals surface area contributed by atoms with E-state index in [1.54, 1.807) is 0 Å². The van der Waals surface area contributed by atoms with Gasteiger partial charge in [0.05, 0.1) is 5.69 Å². The lowest BCUT2D eigenvalue weighted by atomic mass is 10.3. The van der Waals surface area contributed by atoms with Crippen LogP contribution in [0.5, 0.6) is 0 Å². The highest BCUT2D eigenvalue weighted by molar-refractivity contribution is 5.92. The van der Waals surface area contributed by atoms with Gasteiger partial charge in [-0.05, 0) is 18.6 Å². The van der Waals surface area contributed by atoms with Crippen LogP contribution >= 0.6 is 0 Å². The van der Waals surface area contributed by atoms with Gasteiger partial charge in [-0.15, -0.1) is 0 Å². The van der Waals surface area contributed by atoms with Gasteiger partial charge in [-0.2, -0.15) is 0 Å². The molecule has 19 heavy (non-hydrogen) atoms. The molecule has 0 aliphatic carbocycles. The Morgan fingerprint density at radius 1 is 1.37 bits per heavy atom. The number of nitrogens with zero attached hydrogens (tertiary/aromatic N) is 1. The summed E-state index contributed by atoms with van der Waals surface area (Å²) in [5.41, 5.74) is -0.115. The number of carbonyl (C=O) groups excluding carboxylic acids is 2. The molecule has 0 radical (unpaired) electrons. The van der Waals surface area contributed by atoms with E-state index in [4.69, 9.17) is 0 Å². The van der Waals surface area contributed by atoms with Crippen LogP contribution in [0.2, 0.25) is 0 Å². The maximum Gasteiger partial charge on any atom is 0.322 e. The Hall–Kier alpha value is -2.18. The molecule has 0 bridgehead atoms. The van der Waals surface area contributed by atoms with Crippen LogP contribution in [0.4, 0.5) is 19.3 Å². The van der Waals surface area contributed by atoms with Gasteiger partial charge in [0.25, 0.3) is 0 Å². The van der Waals surface area contributed by atoms with E-state index in [0.717, 1.165) is 12.1 Å². The average molecular weight is 269 g/mol. The van der Waals surface area contributed by atoms with Crippen LogP contribution in [0.3, 0.4) is 0 Å². The third-order valence-corrected chi connectivity index (χ3v) is 2.72. The minimum Gasteiger partial charge on any atom is -0.354 e. The van der Waals surface area contributed by atoms with Gasteiger partial charge in [0.1, 0.15) is 18.2 Å². The molecule has 1 aliphatic heterocycles. The maximum atomic E-state index is 13.4. The zero-order valence-corrected chi connectivity index (χ0v) is 10.1. The van der Waals surface area contributed by atoms with E-state index in [2.05, 4.69) is 10.6 Å². The van der Waals surface area contributed by atoms with E-state index >= 15 is 0 Å². The van der Waals surface area contributed by atoms with Crippen LogP contribution in [-0.2, 0) is 4.79 Å². The summed E-state index contributed by atoms with van der Waals surface area (Å²) in [4.78, 5) is 24.5. The van der Waals surface area contributed by atoms with Crippen LogP contribution in [0.15, 0.2) is 18.2 Å². The summed E-state index contributed by atoms with van der Waals surface area (Å²) in [7, 11) is 0. The molecule has 1 aromatic carbocycles. The molecule has 1 aromatic rings. The molecule has 0 saturated carbocycles. The number of carbonyl (C=O) groups is 2. The monoisotopic (exact) mass is 269 g/mol. The molecule has 1 aliphatic rings. The summed E-state index contributed by atoms with van der Waals surface area (Å²) >= 11 is 0. The van der Waals surface area contributed by atoms with E-state index in [-0.39, 0.29) is 18.1 Å². The first-order chi connectivity index (χ1) is 9.06. The fraction of sp³-hybridized carbons (Fsp3) is 0.333. The van der Waals surface area contributed by atoms with Crippen LogP contribution in [-0.4, -0.2) is 36.5 Å². The minimum atomic E-state index is -0.854. The molecule has 0 atom stereocenters. The van der Waals surface area contributed by atoms with Crippen molar-refractivity contribution in [3.05, 3.63) is 29.8 Å². The normalized spacial score (nSPS) is 15.7. The Balaban J connectivity index is 2.05. The molecule has 5 nitrogen and oxygen atoms in total. The molecule has 7 heteroatoms. The summed E-state index contributed by atoms with van der Waals surface area (Å²) in [6.07, 6.45) is 0.630. The third kappa shape index (κ3) is 3.40. The number of nitrogens with one attached hydrogen (secondary N) is 2. The molecule has 1 fully saturated rings. The van der Waals surface area contributed by atoms with Crippen LogP contribution in [0, 0.1) is 11.6 Å². The first kappa shape index (κ1) is 13.3. The quantitative estimate of drug-likeness (QED) is 0.807. The van der Waals surface area contributed by atoms with Crippen molar-refractivity contribution < 1.29 is 18.4 Å². The van der Waals surface area contributed by atoms with E-state index in [1.165, 1.54) is 4.90 Å². The number of hydrogen-bond acceptors (Lipinski definition) is 2. The fourth-order valence-electron chi connectivity index (χ4n) is 1.76. The standard InChI is InChI=1S/C12H13F2N3O2/c13-8-2-3-10(9(14)6-8)16-12(19)17-5-1-4-15-11(18)7-17/h2-3,6H,1,4-5,7H2,(H,15,18)(H,16,19). The first-order valence-corrected chi connectivity index (χ1v) is 5.84. The van der Waals surface area contributed by atoms with Crippen LogP contribution in [0.25, 0.3) is 0 Å². The lowest BCUT2D eigenvalue weighted by molar-refractivity contribution is -0.120. The highest BCUT2D eigenvalue weighted by Crippen LogP contribution is 2.15. The third-order valence-electron chi connectivity index (χ3n) is 2.72. The first-order valence-electron chi connectivity index (χ1n) is 5.84. The lowest BCUT2D eigenvalue weighted by Crippen LogP contribution is -2.40. The van der Waals surface area contributed by atoms with Gasteiger partial charge in [-0.1, -0.05) is 0 Å². The van der Waals surface area contributed by atoms with E-state index in [0.29, 0.717) is 25.6 Å². The van der Waals surface area contributed by atoms with Crippen molar-refractivity contribution in [2.24, 2.45) is 0 Å². The second kappa shape index (κ2) is 5.64. The molecule has 2 rings (SSSR count). The van der Waals surface area contributed by atoms with Gasteiger partial charge < -0.3 is 15.5 Å². The van der Waals surface area contributed by atoms with Gasteiger partial charge in [0.15, 0.2) is 0 Å². The molecular weight excluding hydrogens is 256 g/mol. The topological polar surface area (TPSA) is 61.4 Å². The highest BCUT2D eigenvalue weighted by Gasteiger charge is 2.20. The lowest BCUT2D eigenvalue weighted by Gasteiger charge is -2.19. The number of halogens is 2. The van der Waals surface area contributed by atoms with Gasteiger partial charge in [0.2, 0.25) is 5.91 Å². The smallest absolute Gasteiger partial charge is 0.322 e. The molecule has 1 saturated heterocycles. The number of rotatable bonds is 1. The minimum absolute atomic E-state index is 0.0748. The Morgan fingerprint density at radius 2 is 2.16 bits per heavy atom. The maximum absolute atomic E-state index is 13.4. The Bertz CT molecular complexity index is 508. The van der Waals surface area contributed by atoms with E-state index in [1.807, 2.05) is 0 Å². The summed E-state index contributed by atoms with van der Waals surface area (Å²) in [6, 6.07) is 2.29. The summed E-state index contributed by atoms with van der Waals surface area (Å²) in [5, 5.41) is 4.95. The molecule has 1 heterocycles. The molecule has 3 amide bonds. The molecule has 0 spiro atoms. The van der Waals surface area contributed by atoms with Gasteiger partial charge in [0, 0.05) is 19.2 Å². The number of hydrogen-bond donors (Lipinski definition) is 2. The Labute approximate surface area is 108 Å². The molecule has 0 unspecified atom stereocenters. The van der Waals surface area contributed by atoms with Crippen molar-refractivity contribution >= 4 is 17.6 Å². The molecule has 0 aromatic heterocycles. The number of urea groups is 1. The van der Waals surface area contributed by atoms with Gasteiger partial charge >= 0.3 is 6.03 Å². The molecule has 102 valence electrons. The largest absolute Gasteiger partial charge is 0.354 e. The van der Waals surface area contributed by atoms with E-state index < -0.39 is 17.7 Å². The number of amides is 3. The zero-order valence-electron chi connectivity index (χ0n) is 10.1. The van der Waals surface area contributed by atoms with E-state index in [9.17, 15) is 18.4 Å². The van der Waals surface area contributed by atoms with Gasteiger partial charge in [-0.25, -0.2) is 13.6 Å².